The first-order valence-electron chi connectivity index (χ1n) is 8.12. The van der Waals surface area contributed by atoms with E-state index < -0.39 is 0 Å². The van der Waals surface area contributed by atoms with Gasteiger partial charge in [0, 0.05) is 31.4 Å². The second-order valence-electron chi connectivity index (χ2n) is 6.23. The number of urea groups is 1. The number of hydrogen-bond acceptors (Lipinski definition) is 3. The number of carbonyl (C=O) groups excluding carboxylic acids is 2. The highest BCUT2D eigenvalue weighted by Crippen LogP contribution is 2.18. The first-order chi connectivity index (χ1) is 11.0. The van der Waals surface area contributed by atoms with E-state index in [0.29, 0.717) is 19.6 Å². The molecule has 126 valence electrons. The minimum absolute atomic E-state index is 0.0176. The van der Waals surface area contributed by atoms with Gasteiger partial charge >= 0.3 is 6.03 Å². The Hall–Kier alpha value is -2.08. The van der Waals surface area contributed by atoms with Crippen LogP contribution in [0.4, 0.5) is 10.5 Å². The lowest BCUT2D eigenvalue weighted by Gasteiger charge is -2.32. The topological polar surface area (TPSA) is 87.5 Å². The molecule has 1 aromatic rings. The van der Waals surface area contributed by atoms with Gasteiger partial charge in [0.15, 0.2) is 0 Å². The summed E-state index contributed by atoms with van der Waals surface area (Å²) in [6.45, 7) is 5.39. The van der Waals surface area contributed by atoms with Gasteiger partial charge in [0.1, 0.15) is 0 Å². The SMILES string of the molecule is Cc1cccc(NC(=O)N2CCCC(C(=O)N[C@@H](C)CN)C2)c1. The molecule has 23 heavy (non-hydrogen) atoms. The Balaban J connectivity index is 1.92. The van der Waals surface area contributed by atoms with Crippen molar-refractivity contribution in [2.75, 3.05) is 25.0 Å². The van der Waals surface area contributed by atoms with E-state index in [1.54, 1.807) is 4.90 Å². The highest BCUT2D eigenvalue weighted by molar-refractivity contribution is 5.90. The molecular formula is C17H26N4O2. The number of likely N-dealkylation sites (tertiary alicyclic amines) is 1. The monoisotopic (exact) mass is 318 g/mol. The molecule has 3 amide bonds. The van der Waals surface area contributed by atoms with Crippen LogP contribution in [-0.2, 0) is 4.79 Å². The van der Waals surface area contributed by atoms with Gasteiger partial charge in [0.2, 0.25) is 5.91 Å². The van der Waals surface area contributed by atoms with Crippen LogP contribution in [0.2, 0.25) is 0 Å². The molecule has 0 saturated carbocycles. The minimum atomic E-state index is -0.166. The quantitative estimate of drug-likeness (QED) is 0.789. The normalized spacial score (nSPS) is 19.1. The number of piperidine rings is 1. The van der Waals surface area contributed by atoms with Gasteiger partial charge in [0.05, 0.1) is 5.92 Å². The van der Waals surface area contributed by atoms with Gasteiger partial charge in [-0.1, -0.05) is 12.1 Å². The second kappa shape index (κ2) is 7.97. The third-order valence-corrected chi connectivity index (χ3v) is 4.09. The Morgan fingerprint density at radius 3 is 2.91 bits per heavy atom. The van der Waals surface area contributed by atoms with E-state index in [-0.39, 0.29) is 23.9 Å². The molecule has 0 aliphatic carbocycles. The third-order valence-electron chi connectivity index (χ3n) is 4.09. The molecule has 0 radical (unpaired) electrons. The number of amides is 3. The molecule has 1 aliphatic heterocycles. The van der Waals surface area contributed by atoms with E-state index in [1.807, 2.05) is 38.1 Å². The van der Waals surface area contributed by atoms with Crippen molar-refractivity contribution in [2.45, 2.75) is 32.7 Å². The summed E-state index contributed by atoms with van der Waals surface area (Å²) in [6.07, 6.45) is 1.63. The molecule has 2 rings (SSSR count). The Kier molecular flexibility index (Phi) is 5.98. The lowest BCUT2D eigenvalue weighted by Crippen LogP contribution is -2.49. The maximum Gasteiger partial charge on any atom is 0.321 e. The second-order valence-corrected chi connectivity index (χ2v) is 6.23. The number of nitrogens with one attached hydrogen (secondary N) is 2. The van der Waals surface area contributed by atoms with Gasteiger partial charge in [0.25, 0.3) is 0 Å². The van der Waals surface area contributed by atoms with Crippen molar-refractivity contribution < 1.29 is 9.59 Å². The maximum atomic E-state index is 12.4. The van der Waals surface area contributed by atoms with E-state index in [2.05, 4.69) is 10.6 Å². The first kappa shape index (κ1) is 17.3. The summed E-state index contributed by atoms with van der Waals surface area (Å²) in [6, 6.07) is 7.48. The molecule has 1 aliphatic rings. The van der Waals surface area contributed by atoms with Crippen molar-refractivity contribution in [1.82, 2.24) is 10.2 Å². The fourth-order valence-corrected chi connectivity index (χ4v) is 2.72. The summed E-state index contributed by atoms with van der Waals surface area (Å²) in [5.41, 5.74) is 7.40. The Morgan fingerprint density at radius 1 is 1.43 bits per heavy atom. The van der Waals surface area contributed by atoms with Gasteiger partial charge < -0.3 is 21.3 Å². The maximum absolute atomic E-state index is 12.4. The zero-order chi connectivity index (χ0) is 16.8. The van der Waals surface area contributed by atoms with Crippen molar-refractivity contribution in [2.24, 2.45) is 11.7 Å². The summed E-state index contributed by atoms with van der Waals surface area (Å²) in [5.74, 6) is -0.183. The van der Waals surface area contributed by atoms with Crippen LogP contribution in [-0.4, -0.2) is 42.5 Å². The molecule has 0 aromatic heterocycles. The Morgan fingerprint density at radius 2 is 2.22 bits per heavy atom. The summed E-state index contributed by atoms with van der Waals surface area (Å²) in [7, 11) is 0. The fourth-order valence-electron chi connectivity index (χ4n) is 2.72. The number of benzene rings is 1. The van der Waals surface area contributed by atoms with Crippen LogP contribution < -0.4 is 16.4 Å². The summed E-state index contributed by atoms with van der Waals surface area (Å²) >= 11 is 0. The lowest BCUT2D eigenvalue weighted by molar-refractivity contribution is -0.126. The molecule has 1 saturated heterocycles. The van der Waals surface area contributed by atoms with E-state index in [4.69, 9.17) is 5.73 Å². The highest BCUT2D eigenvalue weighted by atomic mass is 16.2. The fraction of sp³-hybridized carbons (Fsp3) is 0.529. The Bertz CT molecular complexity index is 561. The molecule has 2 atom stereocenters. The number of aryl methyl sites for hydroxylation is 1. The van der Waals surface area contributed by atoms with Crippen molar-refractivity contribution in [3.8, 4) is 0 Å². The standard InChI is InChI=1S/C17H26N4O2/c1-12-5-3-7-15(9-12)20-17(23)21-8-4-6-14(11-21)16(22)19-13(2)10-18/h3,5,7,9,13-14H,4,6,8,10-11,18H2,1-2H3,(H,19,22)(H,20,23)/t13-,14?/m0/s1. The lowest BCUT2D eigenvalue weighted by atomic mass is 9.97. The predicted molar refractivity (Wildman–Crippen MR) is 91.2 cm³/mol. The van der Waals surface area contributed by atoms with Crippen LogP contribution in [0, 0.1) is 12.8 Å². The van der Waals surface area contributed by atoms with Crippen LogP contribution >= 0.6 is 0 Å². The molecule has 1 fully saturated rings. The number of nitrogens with zero attached hydrogens (tertiary/aromatic N) is 1. The van der Waals surface area contributed by atoms with Gasteiger partial charge in [-0.05, 0) is 44.4 Å². The average Bonchev–Trinajstić information content (AvgIpc) is 2.54. The number of carbonyl (C=O) groups is 2. The zero-order valence-corrected chi connectivity index (χ0v) is 13.8. The van der Waals surface area contributed by atoms with E-state index in [9.17, 15) is 9.59 Å². The smallest absolute Gasteiger partial charge is 0.321 e. The van der Waals surface area contributed by atoms with E-state index in [0.717, 1.165) is 24.1 Å². The van der Waals surface area contributed by atoms with E-state index in [1.165, 1.54) is 0 Å². The highest BCUT2D eigenvalue weighted by Gasteiger charge is 2.28. The van der Waals surface area contributed by atoms with Crippen molar-refractivity contribution in [1.29, 1.82) is 0 Å². The molecular weight excluding hydrogens is 292 g/mol. The number of hydrogen-bond donors (Lipinski definition) is 3. The van der Waals surface area contributed by atoms with Gasteiger partial charge in [-0.2, -0.15) is 0 Å². The number of nitrogens with two attached hydrogens (primary N) is 1. The van der Waals surface area contributed by atoms with Crippen LogP contribution in [0.1, 0.15) is 25.3 Å². The molecule has 6 heteroatoms. The molecule has 0 bridgehead atoms. The van der Waals surface area contributed by atoms with E-state index >= 15 is 0 Å². The average molecular weight is 318 g/mol. The minimum Gasteiger partial charge on any atom is -0.352 e. The summed E-state index contributed by atoms with van der Waals surface area (Å²) in [4.78, 5) is 26.3. The number of anilines is 1. The van der Waals surface area contributed by atoms with Crippen molar-refractivity contribution >= 4 is 17.6 Å². The van der Waals surface area contributed by atoms with Gasteiger partial charge in [-0.25, -0.2) is 4.79 Å². The predicted octanol–water partition coefficient (Wildman–Crippen LogP) is 1.70. The third kappa shape index (κ3) is 4.96. The zero-order valence-electron chi connectivity index (χ0n) is 13.8. The molecule has 1 aromatic carbocycles. The van der Waals surface area contributed by atoms with Crippen molar-refractivity contribution in [3.63, 3.8) is 0 Å². The van der Waals surface area contributed by atoms with Gasteiger partial charge in [-0.15, -0.1) is 0 Å². The van der Waals surface area contributed by atoms with Crippen LogP contribution in [0.15, 0.2) is 24.3 Å². The van der Waals surface area contributed by atoms with Crippen molar-refractivity contribution in [3.05, 3.63) is 29.8 Å². The summed E-state index contributed by atoms with van der Waals surface area (Å²) < 4.78 is 0. The largest absolute Gasteiger partial charge is 0.352 e. The first-order valence-corrected chi connectivity index (χ1v) is 8.12. The van der Waals surface area contributed by atoms with Crippen LogP contribution in [0.3, 0.4) is 0 Å². The van der Waals surface area contributed by atoms with Crippen LogP contribution in [0.25, 0.3) is 0 Å². The molecule has 4 N–H and O–H groups in total. The van der Waals surface area contributed by atoms with Gasteiger partial charge in [-0.3, -0.25) is 4.79 Å². The molecule has 1 unspecified atom stereocenters. The summed E-state index contributed by atoms with van der Waals surface area (Å²) in [5, 5.41) is 5.79. The molecule has 0 spiro atoms. The van der Waals surface area contributed by atoms with Crippen LogP contribution in [0.5, 0.6) is 0 Å². The number of rotatable bonds is 4. The molecule has 6 nitrogen and oxygen atoms in total. The molecule has 1 heterocycles. The Labute approximate surface area is 137 Å².